The highest BCUT2D eigenvalue weighted by Crippen LogP contribution is 2.37. The van der Waals surface area contributed by atoms with Gasteiger partial charge in [-0.15, -0.1) is 0 Å². The van der Waals surface area contributed by atoms with Gasteiger partial charge in [-0.25, -0.2) is 14.6 Å². The summed E-state index contributed by atoms with van der Waals surface area (Å²) in [5.41, 5.74) is -4.08. The molecule has 1 aromatic heterocycles. The lowest BCUT2D eigenvalue weighted by Crippen LogP contribution is -2.37. The second-order valence-corrected chi connectivity index (χ2v) is 6.26. The van der Waals surface area contributed by atoms with Crippen LogP contribution in [0.3, 0.4) is 0 Å². The molecule has 0 saturated carbocycles. The molecule has 2 aromatic rings. The van der Waals surface area contributed by atoms with E-state index in [9.17, 15) is 35.9 Å². The van der Waals surface area contributed by atoms with Crippen molar-refractivity contribution < 1.29 is 49.8 Å². The van der Waals surface area contributed by atoms with E-state index in [1.54, 1.807) is 0 Å². The van der Waals surface area contributed by atoms with Gasteiger partial charge in [0.05, 0.1) is 31.4 Å². The number of amides is 2. The number of carbonyl (C=O) groups excluding carboxylic acids is 2. The zero-order chi connectivity index (χ0) is 24.1. The van der Waals surface area contributed by atoms with Crippen LogP contribution in [0.4, 0.5) is 36.8 Å². The van der Waals surface area contributed by atoms with Crippen LogP contribution in [0, 0.1) is 0 Å². The van der Waals surface area contributed by atoms with Crippen LogP contribution in [0.5, 0.6) is 0 Å². The van der Waals surface area contributed by atoms with Crippen molar-refractivity contribution in [3.8, 4) is 0 Å². The number of hydrogen-bond acceptors (Lipinski definition) is 6. The topological polar surface area (TPSA) is 93.9 Å². The van der Waals surface area contributed by atoms with Crippen LogP contribution < -0.4 is 5.32 Å². The molecule has 0 aliphatic rings. The molecule has 1 N–H and O–H groups in total. The second kappa shape index (κ2) is 9.89. The number of urea groups is 1. The number of aromatic nitrogens is 1. The number of nitrogens with zero attached hydrogens (tertiary/aromatic N) is 2. The van der Waals surface area contributed by atoms with Gasteiger partial charge in [-0.05, 0) is 18.2 Å². The number of methoxy groups -OCH3 is 2. The van der Waals surface area contributed by atoms with E-state index < -0.39 is 41.2 Å². The average molecular weight is 469 g/mol. The van der Waals surface area contributed by atoms with Crippen LogP contribution in [0.25, 0.3) is 0 Å². The molecule has 2 amide bonds. The van der Waals surface area contributed by atoms with Crippen molar-refractivity contribution in [2.45, 2.75) is 18.9 Å². The highest BCUT2D eigenvalue weighted by Gasteiger charge is 2.37. The van der Waals surface area contributed by atoms with Gasteiger partial charge in [0, 0.05) is 19.3 Å². The van der Waals surface area contributed by atoms with Gasteiger partial charge in [0.1, 0.15) is 6.26 Å². The quantitative estimate of drug-likeness (QED) is 0.483. The molecule has 0 atom stereocenters. The third-order valence-electron chi connectivity index (χ3n) is 3.96. The average Bonchev–Trinajstić information content (AvgIpc) is 3.17. The Hall–Kier alpha value is -3.29. The number of halogens is 6. The number of anilines is 1. The molecule has 0 spiro atoms. The molecule has 0 aliphatic heterocycles. The molecule has 14 heteroatoms. The summed E-state index contributed by atoms with van der Waals surface area (Å²) >= 11 is 0. The molecule has 8 nitrogen and oxygen atoms in total. The molecule has 0 radical (unpaired) electrons. The SMILES string of the molecule is COCCN(Cc1nc(C(=O)OC)co1)C(=O)Nc1cc(C(F)(F)F)cc(C(F)(F)F)c1. The smallest absolute Gasteiger partial charge is 0.416 e. The van der Waals surface area contributed by atoms with Crippen molar-refractivity contribution in [2.75, 3.05) is 32.7 Å². The Morgan fingerprint density at radius 1 is 1.06 bits per heavy atom. The summed E-state index contributed by atoms with van der Waals surface area (Å²) in [5, 5.41) is 2.01. The molecule has 176 valence electrons. The lowest BCUT2D eigenvalue weighted by molar-refractivity contribution is -0.143. The molecule has 32 heavy (non-hydrogen) atoms. The second-order valence-electron chi connectivity index (χ2n) is 6.26. The van der Waals surface area contributed by atoms with Gasteiger partial charge in [0.25, 0.3) is 0 Å². The van der Waals surface area contributed by atoms with E-state index in [1.165, 1.54) is 7.11 Å². The molecular weight excluding hydrogens is 452 g/mol. The monoisotopic (exact) mass is 469 g/mol. The summed E-state index contributed by atoms with van der Waals surface area (Å²) in [7, 11) is 2.43. The van der Waals surface area contributed by atoms with Gasteiger partial charge < -0.3 is 24.1 Å². The molecule has 1 aromatic carbocycles. The normalized spacial score (nSPS) is 11.9. The number of nitrogens with one attached hydrogen (secondary N) is 1. The Labute approximate surface area is 177 Å². The third-order valence-corrected chi connectivity index (χ3v) is 3.96. The van der Waals surface area contributed by atoms with Crippen LogP contribution in [0.2, 0.25) is 0 Å². The fourth-order valence-corrected chi connectivity index (χ4v) is 2.43. The first kappa shape index (κ1) is 25.0. The Morgan fingerprint density at radius 2 is 1.66 bits per heavy atom. The Kier molecular flexibility index (Phi) is 7.72. The van der Waals surface area contributed by atoms with Crippen LogP contribution in [-0.2, 0) is 28.4 Å². The Balaban J connectivity index is 2.29. The molecule has 0 saturated heterocycles. The zero-order valence-corrected chi connectivity index (χ0v) is 16.6. The van der Waals surface area contributed by atoms with E-state index in [2.05, 4.69) is 9.72 Å². The van der Waals surface area contributed by atoms with Crippen molar-refractivity contribution in [3.63, 3.8) is 0 Å². The van der Waals surface area contributed by atoms with Crippen molar-refractivity contribution in [3.05, 3.63) is 47.2 Å². The first-order valence-electron chi connectivity index (χ1n) is 8.72. The Morgan fingerprint density at radius 3 is 2.16 bits per heavy atom. The highest BCUT2D eigenvalue weighted by atomic mass is 19.4. The maximum Gasteiger partial charge on any atom is 0.416 e. The summed E-state index contributed by atoms with van der Waals surface area (Å²) < 4.78 is 92.5. The van der Waals surface area contributed by atoms with Crippen LogP contribution in [-0.4, -0.2) is 49.3 Å². The van der Waals surface area contributed by atoms with E-state index in [0.29, 0.717) is 12.1 Å². The predicted molar refractivity (Wildman–Crippen MR) is 95.6 cm³/mol. The summed E-state index contributed by atoms with van der Waals surface area (Å²) in [6, 6.07) is -0.351. The summed E-state index contributed by atoms with van der Waals surface area (Å²) in [4.78, 5) is 28.8. The van der Waals surface area contributed by atoms with E-state index in [0.717, 1.165) is 18.3 Å². The first-order chi connectivity index (χ1) is 14.8. The molecule has 0 aliphatic carbocycles. The highest BCUT2D eigenvalue weighted by molar-refractivity contribution is 5.89. The fourth-order valence-electron chi connectivity index (χ4n) is 2.43. The minimum atomic E-state index is -5.07. The van der Waals surface area contributed by atoms with Crippen molar-refractivity contribution >= 4 is 17.7 Å². The van der Waals surface area contributed by atoms with Crippen LogP contribution in [0.1, 0.15) is 27.5 Å². The lowest BCUT2D eigenvalue weighted by Gasteiger charge is -2.22. The van der Waals surface area contributed by atoms with E-state index in [4.69, 9.17) is 9.15 Å². The number of alkyl halides is 6. The number of carbonyl (C=O) groups is 2. The third kappa shape index (κ3) is 6.60. The predicted octanol–water partition coefficient (Wildman–Crippen LogP) is 4.18. The first-order valence-corrected chi connectivity index (χ1v) is 8.72. The minimum absolute atomic E-state index is 0.0195. The maximum absolute atomic E-state index is 13.0. The summed E-state index contributed by atoms with van der Waals surface area (Å²) in [6.07, 6.45) is -9.17. The Bertz CT molecular complexity index is 925. The number of rotatable bonds is 7. The van der Waals surface area contributed by atoms with E-state index in [1.807, 2.05) is 5.32 Å². The van der Waals surface area contributed by atoms with Gasteiger partial charge >= 0.3 is 24.4 Å². The molecular formula is C18H17F6N3O5. The molecule has 0 fully saturated rings. The van der Waals surface area contributed by atoms with Crippen molar-refractivity contribution in [1.82, 2.24) is 9.88 Å². The number of oxazole rings is 1. The summed E-state index contributed by atoms with van der Waals surface area (Å²) in [5.74, 6) is -0.937. The fraction of sp³-hybridized carbons (Fsp3) is 0.389. The largest absolute Gasteiger partial charge is 0.464 e. The number of hydrogen-bond donors (Lipinski definition) is 1. The zero-order valence-electron chi connectivity index (χ0n) is 16.6. The molecule has 0 unspecified atom stereocenters. The van der Waals surface area contributed by atoms with Gasteiger partial charge in [-0.3, -0.25) is 0 Å². The summed E-state index contributed by atoms with van der Waals surface area (Å²) in [6.45, 7) is -0.505. The standard InChI is InChI=1S/C18H17F6N3O5/c1-30-4-3-27(8-14-26-13(9-32-14)15(28)31-2)16(29)25-12-6-10(17(19,20)21)5-11(7-12)18(22,23)24/h5-7,9H,3-4,8H2,1-2H3,(H,25,29). The minimum Gasteiger partial charge on any atom is -0.464 e. The van der Waals surface area contributed by atoms with E-state index >= 15 is 0 Å². The maximum atomic E-state index is 13.0. The molecule has 0 bridgehead atoms. The number of esters is 1. The van der Waals surface area contributed by atoms with Gasteiger partial charge in [-0.1, -0.05) is 0 Å². The van der Waals surface area contributed by atoms with E-state index in [-0.39, 0.29) is 37.3 Å². The molecule has 2 rings (SSSR count). The van der Waals surface area contributed by atoms with Gasteiger partial charge in [0.15, 0.2) is 5.69 Å². The van der Waals surface area contributed by atoms with Gasteiger partial charge in [-0.2, -0.15) is 26.3 Å². The van der Waals surface area contributed by atoms with Crippen LogP contribution >= 0.6 is 0 Å². The number of benzene rings is 1. The molecule has 1 heterocycles. The van der Waals surface area contributed by atoms with Crippen molar-refractivity contribution in [1.29, 1.82) is 0 Å². The van der Waals surface area contributed by atoms with Crippen molar-refractivity contribution in [2.24, 2.45) is 0 Å². The lowest BCUT2D eigenvalue weighted by atomic mass is 10.1. The number of ether oxygens (including phenoxy) is 2. The van der Waals surface area contributed by atoms with Crippen LogP contribution in [0.15, 0.2) is 28.9 Å². The van der Waals surface area contributed by atoms with Gasteiger partial charge in [0.2, 0.25) is 5.89 Å².